The third-order valence-electron chi connectivity index (χ3n) is 6.73. The van der Waals surface area contributed by atoms with Crippen molar-refractivity contribution in [2.75, 3.05) is 29.4 Å². The van der Waals surface area contributed by atoms with E-state index in [0.717, 1.165) is 0 Å². The van der Waals surface area contributed by atoms with E-state index in [1.54, 1.807) is 11.8 Å². The fraction of sp³-hybridized carbons (Fsp3) is 0.722. The van der Waals surface area contributed by atoms with Crippen LogP contribution in [0.1, 0.15) is 31.0 Å². The van der Waals surface area contributed by atoms with Gasteiger partial charge in [0.2, 0.25) is 5.95 Å². The lowest BCUT2D eigenvalue weighted by atomic mass is 10.0. The normalized spacial score (nSPS) is 35.6. The van der Waals surface area contributed by atoms with Crippen molar-refractivity contribution in [3.05, 3.63) is 11.3 Å². The van der Waals surface area contributed by atoms with E-state index in [2.05, 4.69) is 9.97 Å². The van der Waals surface area contributed by atoms with E-state index in [9.17, 15) is 18.0 Å². The number of fused-ring (bicyclic) bond motifs is 2. The third-order valence-corrected chi connectivity index (χ3v) is 6.73. The van der Waals surface area contributed by atoms with Crippen molar-refractivity contribution >= 4 is 17.7 Å². The second kappa shape index (κ2) is 5.48. The van der Waals surface area contributed by atoms with Gasteiger partial charge in [0.25, 0.3) is 5.92 Å². The van der Waals surface area contributed by atoms with E-state index in [1.807, 2.05) is 4.90 Å². The summed E-state index contributed by atoms with van der Waals surface area (Å²) >= 11 is 0. The predicted octanol–water partition coefficient (Wildman–Crippen LogP) is 2.22. The van der Waals surface area contributed by atoms with Crippen LogP contribution in [0, 0.1) is 17.8 Å². The molecule has 2 saturated heterocycles. The average molecular weight is 382 g/mol. The number of hydrogen-bond acceptors (Lipinski definition) is 5. The van der Waals surface area contributed by atoms with Crippen LogP contribution in [0.2, 0.25) is 0 Å². The molecule has 3 fully saturated rings. The number of aromatic nitrogens is 2. The molecule has 5 rings (SSSR count). The van der Waals surface area contributed by atoms with Gasteiger partial charge < -0.3 is 14.9 Å². The Morgan fingerprint density at radius 2 is 1.96 bits per heavy atom. The van der Waals surface area contributed by atoms with Gasteiger partial charge in [-0.05, 0) is 31.1 Å². The fourth-order valence-electron chi connectivity index (χ4n) is 4.94. The third kappa shape index (κ3) is 2.50. The summed E-state index contributed by atoms with van der Waals surface area (Å²) in [6, 6.07) is -0.419. The summed E-state index contributed by atoms with van der Waals surface area (Å²) in [5.41, 5.74) is 0.268. The molecule has 27 heavy (non-hydrogen) atoms. The molecule has 0 spiro atoms. The number of hydrogen-bond donors (Lipinski definition) is 1. The van der Waals surface area contributed by atoms with Crippen molar-refractivity contribution in [2.45, 2.75) is 44.3 Å². The van der Waals surface area contributed by atoms with Crippen LogP contribution in [-0.2, 0) is 17.1 Å². The first-order valence-corrected chi connectivity index (χ1v) is 9.43. The molecule has 1 aromatic heterocycles. The minimum absolute atomic E-state index is 0.122. The number of carboxylic acids is 1. The highest BCUT2D eigenvalue weighted by atomic mass is 19.3. The molecule has 5 atom stereocenters. The number of piperidine rings is 1. The lowest BCUT2D eigenvalue weighted by Crippen LogP contribution is -2.57. The largest absolute Gasteiger partial charge is 0.481 e. The second-order valence-electron chi connectivity index (χ2n) is 8.28. The second-order valence-corrected chi connectivity index (χ2v) is 8.28. The molecule has 2 aliphatic heterocycles. The minimum atomic E-state index is -2.99. The Kier molecular flexibility index (Phi) is 3.46. The fourth-order valence-corrected chi connectivity index (χ4v) is 4.94. The Morgan fingerprint density at radius 1 is 1.26 bits per heavy atom. The van der Waals surface area contributed by atoms with Gasteiger partial charge in [-0.1, -0.05) is 0 Å². The van der Waals surface area contributed by atoms with Crippen LogP contribution in [0.3, 0.4) is 0 Å². The maximum atomic E-state index is 14.4. The Labute approximate surface area is 154 Å². The van der Waals surface area contributed by atoms with Crippen molar-refractivity contribution in [1.82, 2.24) is 9.97 Å². The van der Waals surface area contributed by atoms with Crippen LogP contribution in [0.5, 0.6) is 0 Å². The van der Waals surface area contributed by atoms with Crippen LogP contribution >= 0.6 is 0 Å². The summed E-state index contributed by atoms with van der Waals surface area (Å²) in [5, 5.41) is 8.97. The Hall–Kier alpha value is -2.06. The van der Waals surface area contributed by atoms with Gasteiger partial charge in [-0.2, -0.15) is 13.8 Å². The zero-order valence-electron chi connectivity index (χ0n) is 14.9. The highest BCUT2D eigenvalue weighted by molar-refractivity contribution is 5.68. The molecule has 9 heteroatoms. The molecule has 4 aliphatic rings. The Balaban J connectivity index is 1.45. The van der Waals surface area contributed by atoms with Gasteiger partial charge in [-0.3, -0.25) is 4.79 Å². The van der Waals surface area contributed by atoms with Crippen LogP contribution in [-0.4, -0.2) is 52.9 Å². The highest BCUT2D eigenvalue weighted by Crippen LogP contribution is 2.55. The van der Waals surface area contributed by atoms with Gasteiger partial charge in [0.05, 0.1) is 12.6 Å². The van der Waals surface area contributed by atoms with Crippen molar-refractivity contribution < 1.29 is 23.1 Å². The first-order valence-electron chi connectivity index (χ1n) is 9.43. The van der Waals surface area contributed by atoms with Crippen molar-refractivity contribution in [2.24, 2.45) is 17.8 Å². The lowest BCUT2D eigenvalue weighted by molar-refractivity contribution is -0.137. The molecule has 0 bridgehead atoms. The molecule has 3 heterocycles. The van der Waals surface area contributed by atoms with Crippen LogP contribution in [0.4, 0.5) is 24.9 Å². The molecule has 0 amide bonds. The summed E-state index contributed by atoms with van der Waals surface area (Å²) in [4.78, 5) is 23.2. The number of carboxylic acid groups (broad SMARTS) is 1. The van der Waals surface area contributed by atoms with Crippen molar-refractivity contribution in [3.63, 3.8) is 0 Å². The highest BCUT2D eigenvalue weighted by Gasteiger charge is 2.57. The Bertz CT molecular complexity index is 808. The monoisotopic (exact) mass is 382 g/mol. The molecule has 1 saturated carbocycles. The molecule has 2 unspecified atom stereocenters. The molecule has 1 N–H and O–H groups in total. The molecule has 0 radical (unpaired) electrons. The standard InChI is InChI=1S/C18H21F3N4O2/c1-8-13(19)7-25(8)17-22-15-9(2-3-18(15,20)21)16(23-17)24-5-11-10(4-14(26)27)12(11)6-24/h8,10-13H,2-7H2,1H3,(H,26,27)/t8?,10-,11-,12+,13?. The summed E-state index contributed by atoms with van der Waals surface area (Å²) in [6.07, 6.45) is -0.889. The van der Waals surface area contributed by atoms with Gasteiger partial charge >= 0.3 is 5.97 Å². The number of nitrogens with zero attached hydrogens (tertiary/aromatic N) is 4. The van der Waals surface area contributed by atoms with Gasteiger partial charge in [0.15, 0.2) is 0 Å². The van der Waals surface area contributed by atoms with Crippen LogP contribution < -0.4 is 9.80 Å². The van der Waals surface area contributed by atoms with Gasteiger partial charge in [0, 0.05) is 31.5 Å². The van der Waals surface area contributed by atoms with Gasteiger partial charge in [-0.25, -0.2) is 9.37 Å². The molecule has 2 aliphatic carbocycles. The topological polar surface area (TPSA) is 69.6 Å². The summed E-state index contributed by atoms with van der Waals surface area (Å²) in [7, 11) is 0. The maximum absolute atomic E-state index is 14.4. The van der Waals surface area contributed by atoms with E-state index in [4.69, 9.17) is 5.11 Å². The number of alkyl halides is 3. The van der Waals surface area contributed by atoms with Crippen LogP contribution in [0.15, 0.2) is 0 Å². The summed E-state index contributed by atoms with van der Waals surface area (Å²) in [6.45, 7) is 3.09. The first-order chi connectivity index (χ1) is 12.8. The predicted molar refractivity (Wildman–Crippen MR) is 90.9 cm³/mol. The van der Waals surface area contributed by atoms with E-state index in [0.29, 0.717) is 24.5 Å². The SMILES string of the molecule is CC1C(F)CN1c1nc(N2C[C@@H]3[C@@H](CC(=O)O)[C@@H]3C2)c2c(n1)C(F)(F)CC2. The van der Waals surface area contributed by atoms with Crippen molar-refractivity contribution in [3.8, 4) is 0 Å². The molecule has 6 nitrogen and oxygen atoms in total. The Morgan fingerprint density at radius 3 is 2.56 bits per heavy atom. The number of carbonyl (C=O) groups is 1. The van der Waals surface area contributed by atoms with Crippen LogP contribution in [0.25, 0.3) is 0 Å². The molecular weight excluding hydrogens is 361 g/mol. The molecule has 1 aromatic rings. The number of anilines is 2. The maximum Gasteiger partial charge on any atom is 0.303 e. The van der Waals surface area contributed by atoms with E-state index >= 15 is 0 Å². The van der Waals surface area contributed by atoms with E-state index < -0.39 is 24.1 Å². The smallest absolute Gasteiger partial charge is 0.303 e. The minimum Gasteiger partial charge on any atom is -0.481 e. The lowest BCUT2D eigenvalue weighted by Gasteiger charge is -2.42. The molecule has 0 aromatic carbocycles. The summed E-state index contributed by atoms with van der Waals surface area (Å²) in [5.74, 6) is -2.32. The van der Waals surface area contributed by atoms with E-state index in [1.165, 1.54) is 0 Å². The molecular formula is C18H21F3N4O2. The van der Waals surface area contributed by atoms with Gasteiger partial charge in [-0.15, -0.1) is 0 Å². The molecule has 146 valence electrons. The average Bonchev–Trinajstić information content (AvgIpc) is 2.96. The van der Waals surface area contributed by atoms with Gasteiger partial charge in [0.1, 0.15) is 17.7 Å². The number of aliphatic carboxylic acids is 1. The van der Waals surface area contributed by atoms with Crippen molar-refractivity contribution in [1.29, 1.82) is 0 Å². The number of rotatable bonds is 4. The van der Waals surface area contributed by atoms with E-state index in [-0.39, 0.29) is 55.2 Å². The summed E-state index contributed by atoms with van der Waals surface area (Å²) < 4.78 is 42.3. The quantitative estimate of drug-likeness (QED) is 0.861. The number of halogens is 3. The zero-order chi connectivity index (χ0) is 19.1. The zero-order valence-corrected chi connectivity index (χ0v) is 14.9. The first kappa shape index (κ1) is 17.1.